The molecule has 1 aromatic rings. The first kappa shape index (κ1) is 11.6. The summed E-state index contributed by atoms with van der Waals surface area (Å²) in [6, 6.07) is 5.01. The Kier molecular flexibility index (Phi) is 3.74. The van der Waals surface area contributed by atoms with E-state index in [4.69, 9.17) is 18.0 Å². The molecule has 0 saturated carbocycles. The molecule has 1 unspecified atom stereocenters. The van der Waals surface area contributed by atoms with E-state index in [-0.39, 0.29) is 10.6 Å². The summed E-state index contributed by atoms with van der Waals surface area (Å²) in [6.45, 7) is 1.67. The molecular weight excluding hydrogens is 215 g/mol. The Labute approximate surface area is 92.5 Å². The average molecular weight is 226 g/mol. The van der Waals surface area contributed by atoms with Gasteiger partial charge < -0.3 is 11.1 Å². The average Bonchev–Trinajstić information content (AvgIpc) is 2.17. The van der Waals surface area contributed by atoms with Gasteiger partial charge in [-0.1, -0.05) is 18.3 Å². The monoisotopic (exact) mass is 226 g/mol. The predicted molar refractivity (Wildman–Crippen MR) is 60.1 cm³/mol. The molecule has 0 bridgehead atoms. The van der Waals surface area contributed by atoms with Crippen LogP contribution in [0.1, 0.15) is 17.3 Å². The highest BCUT2D eigenvalue weighted by Gasteiger charge is 2.11. The van der Waals surface area contributed by atoms with Gasteiger partial charge in [0, 0.05) is 5.56 Å². The zero-order valence-corrected chi connectivity index (χ0v) is 8.98. The van der Waals surface area contributed by atoms with Crippen LogP contribution in [0.2, 0.25) is 0 Å². The molecule has 0 aliphatic heterocycles. The van der Waals surface area contributed by atoms with Gasteiger partial charge in [0.1, 0.15) is 5.82 Å². The number of halogens is 1. The lowest BCUT2D eigenvalue weighted by molar-refractivity contribution is 0.0949. The molecule has 1 aromatic carbocycles. The maximum atomic E-state index is 12.8. The minimum Gasteiger partial charge on any atom is -0.392 e. The van der Waals surface area contributed by atoms with Crippen molar-refractivity contribution in [3.05, 3.63) is 35.6 Å². The zero-order chi connectivity index (χ0) is 11.4. The lowest BCUT2D eigenvalue weighted by atomic mass is 10.2. The lowest BCUT2D eigenvalue weighted by Gasteiger charge is -2.11. The van der Waals surface area contributed by atoms with Gasteiger partial charge in [0.25, 0.3) is 5.91 Å². The summed E-state index contributed by atoms with van der Waals surface area (Å²) in [5.74, 6) is -0.847. The van der Waals surface area contributed by atoms with E-state index in [1.807, 2.05) is 0 Å². The molecule has 0 aromatic heterocycles. The van der Waals surface area contributed by atoms with Gasteiger partial charge in [0.15, 0.2) is 0 Å². The third-order valence-corrected chi connectivity index (χ3v) is 2.21. The molecule has 1 rings (SSSR count). The van der Waals surface area contributed by atoms with Gasteiger partial charge >= 0.3 is 0 Å². The summed E-state index contributed by atoms with van der Waals surface area (Å²) in [5.41, 5.74) is 5.58. The molecule has 0 aliphatic rings. The Morgan fingerprint density at radius 2 is 2.27 bits per heavy atom. The molecule has 0 radical (unpaired) electrons. The highest BCUT2D eigenvalue weighted by molar-refractivity contribution is 7.80. The molecule has 80 valence electrons. The van der Waals surface area contributed by atoms with E-state index in [0.29, 0.717) is 0 Å². The molecule has 0 aliphatic carbocycles. The van der Waals surface area contributed by atoms with E-state index in [2.05, 4.69) is 5.32 Å². The van der Waals surface area contributed by atoms with Crippen LogP contribution in [0.15, 0.2) is 24.3 Å². The first-order chi connectivity index (χ1) is 7.00. The fraction of sp³-hybridized carbons (Fsp3) is 0.200. The highest BCUT2D eigenvalue weighted by atomic mass is 32.1. The first-order valence-corrected chi connectivity index (χ1v) is 4.77. The maximum absolute atomic E-state index is 12.8. The molecular formula is C10H11FN2OS. The van der Waals surface area contributed by atoms with E-state index in [9.17, 15) is 9.18 Å². The summed E-state index contributed by atoms with van der Waals surface area (Å²) in [5, 5.41) is 2.55. The molecule has 3 N–H and O–H groups in total. The van der Waals surface area contributed by atoms with E-state index < -0.39 is 17.8 Å². The van der Waals surface area contributed by atoms with Crippen LogP contribution in [-0.4, -0.2) is 16.9 Å². The van der Waals surface area contributed by atoms with Crippen LogP contribution in [0, 0.1) is 5.82 Å². The van der Waals surface area contributed by atoms with Crippen LogP contribution >= 0.6 is 12.2 Å². The molecule has 0 fully saturated rings. The van der Waals surface area contributed by atoms with Crippen molar-refractivity contribution in [3.63, 3.8) is 0 Å². The summed E-state index contributed by atoms with van der Waals surface area (Å²) in [4.78, 5) is 11.7. The SMILES string of the molecule is CC(NC(=O)c1cccc(F)c1)C(N)=S. The topological polar surface area (TPSA) is 55.1 Å². The predicted octanol–water partition coefficient (Wildman–Crippen LogP) is 1.23. The summed E-state index contributed by atoms with van der Waals surface area (Å²) in [6.07, 6.45) is 0. The van der Waals surface area contributed by atoms with Gasteiger partial charge in [-0.2, -0.15) is 0 Å². The van der Waals surface area contributed by atoms with Gasteiger partial charge in [-0.05, 0) is 25.1 Å². The van der Waals surface area contributed by atoms with Crippen molar-refractivity contribution in [3.8, 4) is 0 Å². The normalized spacial score (nSPS) is 11.9. The molecule has 3 nitrogen and oxygen atoms in total. The van der Waals surface area contributed by atoms with Crippen LogP contribution in [0.25, 0.3) is 0 Å². The van der Waals surface area contributed by atoms with Crippen LogP contribution in [0.3, 0.4) is 0 Å². The fourth-order valence-electron chi connectivity index (χ4n) is 0.981. The number of hydrogen-bond acceptors (Lipinski definition) is 2. The molecule has 0 heterocycles. The van der Waals surface area contributed by atoms with Gasteiger partial charge in [0.05, 0.1) is 11.0 Å². The van der Waals surface area contributed by atoms with Crippen LogP contribution < -0.4 is 11.1 Å². The van der Waals surface area contributed by atoms with Crippen molar-refractivity contribution in [2.75, 3.05) is 0 Å². The van der Waals surface area contributed by atoms with Gasteiger partial charge in [0.2, 0.25) is 0 Å². The van der Waals surface area contributed by atoms with E-state index in [1.54, 1.807) is 6.92 Å². The second-order valence-corrected chi connectivity index (χ2v) is 3.58. The van der Waals surface area contributed by atoms with Gasteiger partial charge in [-0.3, -0.25) is 4.79 Å². The number of rotatable bonds is 3. The number of nitrogens with two attached hydrogens (primary N) is 1. The number of hydrogen-bond donors (Lipinski definition) is 2. The number of amides is 1. The minimum absolute atomic E-state index is 0.194. The van der Waals surface area contributed by atoms with Crippen molar-refractivity contribution < 1.29 is 9.18 Å². The van der Waals surface area contributed by atoms with Crippen LogP contribution in [-0.2, 0) is 0 Å². The van der Waals surface area contributed by atoms with E-state index >= 15 is 0 Å². The quantitative estimate of drug-likeness (QED) is 0.762. The fourth-order valence-corrected chi connectivity index (χ4v) is 1.04. The Hall–Kier alpha value is -1.49. The molecule has 5 heteroatoms. The van der Waals surface area contributed by atoms with Gasteiger partial charge in [-0.25, -0.2) is 4.39 Å². The largest absolute Gasteiger partial charge is 0.392 e. The Balaban J connectivity index is 2.73. The highest BCUT2D eigenvalue weighted by Crippen LogP contribution is 2.03. The first-order valence-electron chi connectivity index (χ1n) is 4.36. The molecule has 1 atom stereocenters. The molecule has 1 amide bonds. The maximum Gasteiger partial charge on any atom is 0.251 e. The van der Waals surface area contributed by atoms with Crippen molar-refractivity contribution >= 4 is 23.1 Å². The van der Waals surface area contributed by atoms with Crippen LogP contribution in [0.4, 0.5) is 4.39 Å². The van der Waals surface area contributed by atoms with Crippen LogP contribution in [0.5, 0.6) is 0 Å². The Bertz CT molecular complexity index is 395. The second kappa shape index (κ2) is 4.84. The summed E-state index contributed by atoms with van der Waals surface area (Å²) in [7, 11) is 0. The molecule has 15 heavy (non-hydrogen) atoms. The molecule has 0 saturated heterocycles. The second-order valence-electron chi connectivity index (χ2n) is 3.11. The number of nitrogens with one attached hydrogen (secondary N) is 1. The zero-order valence-electron chi connectivity index (χ0n) is 8.16. The third-order valence-electron chi connectivity index (χ3n) is 1.86. The van der Waals surface area contributed by atoms with Crippen molar-refractivity contribution in [1.82, 2.24) is 5.32 Å². The summed E-state index contributed by atoms with van der Waals surface area (Å²) >= 11 is 4.70. The Morgan fingerprint density at radius 1 is 1.60 bits per heavy atom. The Morgan fingerprint density at radius 3 is 2.80 bits per heavy atom. The van der Waals surface area contributed by atoms with Crippen molar-refractivity contribution in [1.29, 1.82) is 0 Å². The van der Waals surface area contributed by atoms with E-state index in [1.165, 1.54) is 18.2 Å². The van der Waals surface area contributed by atoms with E-state index in [0.717, 1.165) is 6.07 Å². The number of thiocarbonyl (C=S) groups is 1. The minimum atomic E-state index is -0.453. The number of benzene rings is 1. The number of carbonyl (C=O) groups is 1. The van der Waals surface area contributed by atoms with Gasteiger partial charge in [-0.15, -0.1) is 0 Å². The molecule has 0 spiro atoms. The smallest absolute Gasteiger partial charge is 0.251 e. The van der Waals surface area contributed by atoms with Crippen molar-refractivity contribution in [2.45, 2.75) is 13.0 Å². The standard InChI is InChI=1S/C10H11FN2OS/c1-6(9(12)15)13-10(14)7-3-2-4-8(11)5-7/h2-6H,1H3,(H2,12,15)(H,13,14). The lowest BCUT2D eigenvalue weighted by Crippen LogP contribution is -2.41. The summed E-state index contributed by atoms with van der Waals surface area (Å²) < 4.78 is 12.8. The number of carbonyl (C=O) groups excluding carboxylic acids is 1. The third kappa shape index (κ3) is 3.28. The van der Waals surface area contributed by atoms with Crippen molar-refractivity contribution in [2.24, 2.45) is 5.73 Å².